The average Bonchev–Trinajstić information content (AvgIpc) is 2.50. The third-order valence-electron chi connectivity index (χ3n) is 1.11. The predicted molar refractivity (Wildman–Crippen MR) is 40.1 cm³/mol. The summed E-state index contributed by atoms with van der Waals surface area (Å²) in [5, 5.41) is 16.8. The largest absolute Gasteiger partial charge is 0.413 e. The van der Waals surface area contributed by atoms with Crippen LogP contribution in [0.15, 0.2) is 9.64 Å². The molecule has 0 fully saturated rings. The second-order valence-corrected chi connectivity index (χ2v) is 2.62. The molecule has 1 rings (SSSR count). The van der Waals surface area contributed by atoms with Gasteiger partial charge in [0.05, 0.1) is 0 Å². The van der Waals surface area contributed by atoms with Crippen LogP contribution < -0.4 is 5.73 Å². The van der Waals surface area contributed by atoms with E-state index in [1.54, 1.807) is 0 Å². The molecular formula is C5H9N3O2S. The lowest BCUT2D eigenvalue weighted by Gasteiger charge is -1.98. The van der Waals surface area contributed by atoms with Crippen LogP contribution in [-0.2, 0) is 0 Å². The van der Waals surface area contributed by atoms with Crippen molar-refractivity contribution in [2.45, 2.75) is 11.3 Å². The summed E-state index contributed by atoms with van der Waals surface area (Å²) in [5.41, 5.74) is 5.17. The minimum atomic E-state index is -0.844. The molecule has 1 unspecified atom stereocenters. The Kier molecular flexibility index (Phi) is 2.86. The van der Waals surface area contributed by atoms with Gasteiger partial charge in [0.2, 0.25) is 5.89 Å². The third-order valence-corrected chi connectivity index (χ3v) is 1.62. The van der Waals surface area contributed by atoms with Crippen LogP contribution in [0.4, 0.5) is 0 Å². The molecule has 0 aliphatic carbocycles. The van der Waals surface area contributed by atoms with Crippen molar-refractivity contribution in [3.63, 3.8) is 0 Å². The van der Waals surface area contributed by atoms with Gasteiger partial charge in [0, 0.05) is 6.54 Å². The molecule has 0 radical (unpaired) electrons. The first-order chi connectivity index (χ1) is 5.27. The summed E-state index contributed by atoms with van der Waals surface area (Å²) in [4.78, 5) is 0. The van der Waals surface area contributed by atoms with E-state index in [2.05, 4.69) is 10.2 Å². The number of aliphatic hydroxyl groups is 1. The summed E-state index contributed by atoms with van der Waals surface area (Å²) >= 11 is 1.33. The number of hydrogen-bond donors (Lipinski definition) is 2. The summed E-state index contributed by atoms with van der Waals surface area (Å²) in [7, 11) is 0. The Bertz CT molecular complexity index is 227. The molecule has 6 heteroatoms. The Balaban J connectivity index is 2.71. The van der Waals surface area contributed by atoms with E-state index >= 15 is 0 Å². The fraction of sp³-hybridized carbons (Fsp3) is 0.600. The van der Waals surface area contributed by atoms with Gasteiger partial charge in [-0.2, -0.15) is 0 Å². The summed E-state index contributed by atoms with van der Waals surface area (Å²) in [6, 6.07) is 0. The van der Waals surface area contributed by atoms with Gasteiger partial charge in [0.25, 0.3) is 5.22 Å². The van der Waals surface area contributed by atoms with Crippen LogP contribution in [0, 0.1) is 0 Å². The van der Waals surface area contributed by atoms with Crippen LogP contribution in [0.2, 0.25) is 0 Å². The summed E-state index contributed by atoms with van der Waals surface area (Å²) < 4.78 is 5.00. The van der Waals surface area contributed by atoms with Crippen molar-refractivity contribution in [3.8, 4) is 0 Å². The zero-order chi connectivity index (χ0) is 8.27. The second kappa shape index (κ2) is 3.70. The van der Waals surface area contributed by atoms with Crippen molar-refractivity contribution in [2.24, 2.45) is 5.73 Å². The first-order valence-electron chi connectivity index (χ1n) is 3.03. The lowest BCUT2D eigenvalue weighted by atomic mass is 10.4. The van der Waals surface area contributed by atoms with Crippen molar-refractivity contribution in [3.05, 3.63) is 5.89 Å². The lowest BCUT2D eigenvalue weighted by molar-refractivity contribution is 0.146. The van der Waals surface area contributed by atoms with Crippen molar-refractivity contribution in [1.29, 1.82) is 0 Å². The molecule has 1 aromatic heterocycles. The van der Waals surface area contributed by atoms with E-state index in [0.29, 0.717) is 5.22 Å². The molecule has 0 aliphatic heterocycles. The molecular weight excluding hydrogens is 166 g/mol. The molecule has 1 aromatic rings. The van der Waals surface area contributed by atoms with E-state index in [9.17, 15) is 0 Å². The lowest BCUT2D eigenvalue weighted by Crippen LogP contribution is -2.11. The van der Waals surface area contributed by atoms with Crippen molar-refractivity contribution in [1.82, 2.24) is 10.2 Å². The SMILES string of the molecule is CSc1nnc(C(O)CN)o1. The first-order valence-corrected chi connectivity index (χ1v) is 4.26. The minimum Gasteiger partial charge on any atom is -0.413 e. The van der Waals surface area contributed by atoms with Crippen LogP contribution in [-0.4, -0.2) is 28.1 Å². The topological polar surface area (TPSA) is 85.2 Å². The number of aliphatic hydroxyl groups excluding tert-OH is 1. The molecule has 0 saturated carbocycles. The Hall–Kier alpha value is -0.590. The maximum Gasteiger partial charge on any atom is 0.276 e. The van der Waals surface area contributed by atoms with Gasteiger partial charge in [-0.25, -0.2) is 0 Å². The molecule has 0 saturated heterocycles. The molecule has 0 amide bonds. The fourth-order valence-electron chi connectivity index (χ4n) is 0.538. The quantitative estimate of drug-likeness (QED) is 0.618. The van der Waals surface area contributed by atoms with Crippen LogP contribution >= 0.6 is 11.8 Å². The number of nitrogens with two attached hydrogens (primary N) is 1. The predicted octanol–water partition coefficient (Wildman–Crippen LogP) is -0.216. The van der Waals surface area contributed by atoms with Gasteiger partial charge < -0.3 is 15.3 Å². The molecule has 11 heavy (non-hydrogen) atoms. The first kappa shape index (κ1) is 8.51. The zero-order valence-electron chi connectivity index (χ0n) is 6.02. The van der Waals surface area contributed by atoms with Gasteiger partial charge in [0.1, 0.15) is 6.10 Å². The Morgan fingerprint density at radius 2 is 2.45 bits per heavy atom. The van der Waals surface area contributed by atoms with E-state index in [1.807, 2.05) is 6.26 Å². The van der Waals surface area contributed by atoms with Gasteiger partial charge in [-0.15, -0.1) is 10.2 Å². The fourth-order valence-corrected chi connectivity index (χ4v) is 0.830. The monoisotopic (exact) mass is 175 g/mol. The summed E-state index contributed by atoms with van der Waals surface area (Å²) in [6.07, 6.45) is 0.968. The zero-order valence-corrected chi connectivity index (χ0v) is 6.84. The maximum absolute atomic E-state index is 9.11. The highest BCUT2D eigenvalue weighted by Gasteiger charge is 2.12. The normalized spacial score (nSPS) is 13.4. The van der Waals surface area contributed by atoms with Gasteiger partial charge in [-0.05, 0) is 6.26 Å². The van der Waals surface area contributed by atoms with Gasteiger partial charge in [0.15, 0.2) is 0 Å². The summed E-state index contributed by atoms with van der Waals surface area (Å²) in [6.45, 7) is 0.0933. The Morgan fingerprint density at radius 3 is 2.91 bits per heavy atom. The number of thioether (sulfide) groups is 1. The van der Waals surface area contributed by atoms with Crippen molar-refractivity contribution in [2.75, 3.05) is 12.8 Å². The molecule has 0 spiro atoms. The molecule has 0 aliphatic rings. The molecule has 1 heterocycles. The number of aromatic nitrogens is 2. The standard InChI is InChI=1S/C5H9N3O2S/c1-11-5-8-7-4(10-5)3(9)2-6/h3,9H,2,6H2,1H3. The van der Waals surface area contributed by atoms with Crippen LogP contribution in [0.3, 0.4) is 0 Å². The molecule has 1 atom stereocenters. The van der Waals surface area contributed by atoms with E-state index in [0.717, 1.165) is 0 Å². The van der Waals surface area contributed by atoms with Crippen LogP contribution in [0.1, 0.15) is 12.0 Å². The van der Waals surface area contributed by atoms with E-state index in [-0.39, 0.29) is 12.4 Å². The molecule has 0 aromatic carbocycles. The van der Waals surface area contributed by atoms with E-state index in [1.165, 1.54) is 11.8 Å². The van der Waals surface area contributed by atoms with E-state index < -0.39 is 6.10 Å². The highest BCUT2D eigenvalue weighted by molar-refractivity contribution is 7.98. The number of rotatable bonds is 3. The maximum atomic E-state index is 9.11. The van der Waals surface area contributed by atoms with Gasteiger partial charge in [-0.3, -0.25) is 0 Å². The minimum absolute atomic E-state index is 0.0933. The van der Waals surface area contributed by atoms with Crippen molar-refractivity contribution >= 4 is 11.8 Å². The average molecular weight is 175 g/mol. The molecule has 62 valence electrons. The number of nitrogens with zero attached hydrogens (tertiary/aromatic N) is 2. The molecule has 3 N–H and O–H groups in total. The molecule has 0 bridgehead atoms. The Morgan fingerprint density at radius 1 is 1.73 bits per heavy atom. The smallest absolute Gasteiger partial charge is 0.276 e. The Labute approximate surface area is 68.0 Å². The van der Waals surface area contributed by atoms with Crippen LogP contribution in [0.5, 0.6) is 0 Å². The van der Waals surface area contributed by atoms with Gasteiger partial charge in [-0.1, -0.05) is 11.8 Å². The summed E-state index contributed by atoms with van der Waals surface area (Å²) in [5.74, 6) is 0.178. The highest BCUT2D eigenvalue weighted by atomic mass is 32.2. The van der Waals surface area contributed by atoms with Crippen LogP contribution in [0.25, 0.3) is 0 Å². The number of hydrogen-bond acceptors (Lipinski definition) is 6. The van der Waals surface area contributed by atoms with Crippen molar-refractivity contribution < 1.29 is 9.52 Å². The third kappa shape index (κ3) is 1.92. The molecule has 5 nitrogen and oxygen atoms in total. The highest BCUT2D eigenvalue weighted by Crippen LogP contribution is 2.15. The van der Waals surface area contributed by atoms with Gasteiger partial charge >= 0.3 is 0 Å². The second-order valence-electron chi connectivity index (χ2n) is 1.86. The van der Waals surface area contributed by atoms with E-state index in [4.69, 9.17) is 15.3 Å².